The minimum absolute atomic E-state index is 0.000482. The van der Waals surface area contributed by atoms with Crippen molar-refractivity contribution in [1.29, 1.82) is 0 Å². The van der Waals surface area contributed by atoms with Crippen molar-refractivity contribution in [2.75, 3.05) is 14.2 Å². The van der Waals surface area contributed by atoms with Crippen molar-refractivity contribution in [1.82, 2.24) is 14.7 Å². The normalized spacial score (nSPS) is 14.7. The van der Waals surface area contributed by atoms with Crippen LogP contribution in [0.25, 0.3) is 33.6 Å². The molecule has 4 atom stereocenters. The molecule has 0 aliphatic rings. The first kappa shape index (κ1) is 38.0. The molecule has 0 aliphatic heterocycles. The van der Waals surface area contributed by atoms with Crippen molar-refractivity contribution in [3.8, 4) is 45.3 Å². The summed E-state index contributed by atoms with van der Waals surface area (Å²) >= 11 is 14.1. The van der Waals surface area contributed by atoms with E-state index in [0.717, 1.165) is 22.3 Å². The summed E-state index contributed by atoms with van der Waals surface area (Å²) in [5.41, 5.74) is 5.86. The van der Waals surface area contributed by atoms with Crippen LogP contribution in [0.2, 0.25) is 10.0 Å². The summed E-state index contributed by atoms with van der Waals surface area (Å²) in [7, 11) is 0.453. The standard InChI is InChI=1S/C36H44Cl2N4O4S2/c1-21(20-36(6,7)47(39)43)24-15-16-29(41-34(24)46-9)28-12-10-11-26(31(28)37)27-17-18-40-33(32(27)38)23-13-14-25(30(19-23)45-8)22(2)42-48(44)35(3,4)5/h10-19,21-22,42H,20,39H2,1-9H3/t21-,22-,47?,48-/m0/s1. The van der Waals surface area contributed by atoms with E-state index < -0.39 is 31.5 Å². The lowest BCUT2D eigenvalue weighted by molar-refractivity contribution is 0.386. The van der Waals surface area contributed by atoms with E-state index in [1.807, 2.05) is 103 Å². The lowest BCUT2D eigenvalue weighted by atomic mass is 9.91. The van der Waals surface area contributed by atoms with Crippen LogP contribution in [0.3, 0.4) is 0 Å². The summed E-state index contributed by atoms with van der Waals surface area (Å²) in [6.07, 6.45) is 2.29. The third-order valence-corrected chi connectivity index (χ3v) is 11.9. The first-order valence-corrected chi connectivity index (χ1v) is 18.6. The number of aromatic nitrogens is 2. The van der Waals surface area contributed by atoms with Crippen molar-refractivity contribution in [3.05, 3.63) is 82.0 Å². The predicted molar refractivity (Wildman–Crippen MR) is 200 cm³/mol. The Morgan fingerprint density at radius 1 is 0.875 bits per heavy atom. The number of benzene rings is 2. The van der Waals surface area contributed by atoms with Gasteiger partial charge < -0.3 is 9.47 Å². The molecule has 3 N–H and O–H groups in total. The van der Waals surface area contributed by atoms with Crippen LogP contribution in [0.5, 0.6) is 11.6 Å². The molecule has 2 aromatic heterocycles. The number of hydrogen-bond acceptors (Lipinski definition) is 6. The van der Waals surface area contributed by atoms with Crippen molar-refractivity contribution in [3.63, 3.8) is 0 Å². The van der Waals surface area contributed by atoms with E-state index in [2.05, 4.69) is 9.71 Å². The Kier molecular flexibility index (Phi) is 12.1. The van der Waals surface area contributed by atoms with Gasteiger partial charge in [0.15, 0.2) is 0 Å². The number of ether oxygens (including phenoxy) is 2. The number of hydrogen-bond donors (Lipinski definition) is 2. The van der Waals surface area contributed by atoms with E-state index in [1.165, 1.54) is 0 Å². The van der Waals surface area contributed by atoms with Gasteiger partial charge in [0.2, 0.25) is 5.88 Å². The smallest absolute Gasteiger partial charge is 0.217 e. The largest absolute Gasteiger partial charge is 0.496 e. The quantitative estimate of drug-likeness (QED) is 0.151. The number of nitrogens with zero attached hydrogens (tertiary/aromatic N) is 2. The topological polar surface area (TPSA) is 116 Å². The van der Waals surface area contributed by atoms with Gasteiger partial charge in [-0.2, -0.15) is 0 Å². The molecular formula is C36H44Cl2N4O4S2. The lowest BCUT2D eigenvalue weighted by Gasteiger charge is -2.26. The zero-order valence-electron chi connectivity index (χ0n) is 28.8. The Morgan fingerprint density at radius 3 is 2.15 bits per heavy atom. The average molecular weight is 732 g/mol. The van der Waals surface area contributed by atoms with Crippen molar-refractivity contribution in [2.45, 2.75) is 76.3 Å². The first-order valence-electron chi connectivity index (χ1n) is 15.5. The molecule has 2 heterocycles. The zero-order valence-corrected chi connectivity index (χ0v) is 32.0. The summed E-state index contributed by atoms with van der Waals surface area (Å²) in [6, 6.07) is 16.9. The van der Waals surface area contributed by atoms with Crippen LogP contribution in [0.15, 0.2) is 60.8 Å². The molecule has 48 heavy (non-hydrogen) atoms. The van der Waals surface area contributed by atoms with Crippen LogP contribution in [0, 0.1) is 0 Å². The maximum atomic E-state index is 12.7. The van der Waals surface area contributed by atoms with E-state index in [0.29, 0.717) is 50.6 Å². The highest BCUT2D eigenvalue weighted by molar-refractivity contribution is 7.84. The van der Waals surface area contributed by atoms with Gasteiger partial charge in [-0.3, -0.25) is 10.1 Å². The Hall–Kier alpha value is -2.86. The fourth-order valence-electron chi connectivity index (χ4n) is 5.48. The molecule has 4 aromatic rings. The van der Waals surface area contributed by atoms with Gasteiger partial charge in [0.05, 0.1) is 67.1 Å². The number of nitrogens with two attached hydrogens (primary N) is 1. The molecule has 12 heteroatoms. The van der Waals surface area contributed by atoms with Gasteiger partial charge in [-0.1, -0.05) is 66.5 Å². The molecule has 0 bridgehead atoms. The third-order valence-electron chi connectivity index (χ3n) is 8.22. The minimum atomic E-state index is -1.48. The van der Waals surface area contributed by atoms with Crippen LogP contribution in [0.4, 0.5) is 0 Å². The second kappa shape index (κ2) is 15.4. The fraction of sp³-hybridized carbons (Fsp3) is 0.389. The summed E-state index contributed by atoms with van der Waals surface area (Å²) in [6.45, 7) is 13.5. The van der Waals surface area contributed by atoms with E-state index >= 15 is 0 Å². The van der Waals surface area contributed by atoms with Crippen molar-refractivity contribution < 1.29 is 17.9 Å². The predicted octanol–water partition coefficient (Wildman–Crippen LogP) is 8.81. The number of rotatable bonds is 12. The number of nitrogens with one attached hydrogen (secondary N) is 1. The molecule has 2 aromatic carbocycles. The summed E-state index contributed by atoms with van der Waals surface area (Å²) in [4.78, 5) is 9.43. The van der Waals surface area contributed by atoms with E-state index in [-0.39, 0.29) is 12.0 Å². The van der Waals surface area contributed by atoms with Gasteiger partial charge in [0.25, 0.3) is 0 Å². The molecule has 1 unspecified atom stereocenters. The van der Waals surface area contributed by atoms with Gasteiger partial charge in [0, 0.05) is 45.6 Å². The molecular weight excluding hydrogens is 687 g/mol. The molecule has 8 nitrogen and oxygen atoms in total. The van der Waals surface area contributed by atoms with Crippen LogP contribution in [0.1, 0.15) is 78.0 Å². The van der Waals surface area contributed by atoms with Gasteiger partial charge >= 0.3 is 0 Å². The molecule has 0 radical (unpaired) electrons. The average Bonchev–Trinajstić information content (AvgIpc) is 3.03. The summed E-state index contributed by atoms with van der Waals surface area (Å²) in [5.74, 6) is 1.09. The molecule has 4 rings (SSSR count). The van der Waals surface area contributed by atoms with Crippen LogP contribution < -0.4 is 19.3 Å². The number of methoxy groups -OCH3 is 2. The van der Waals surface area contributed by atoms with Gasteiger partial charge in [-0.25, -0.2) is 18.1 Å². The summed E-state index contributed by atoms with van der Waals surface area (Å²) in [5, 5.41) is 6.64. The molecule has 0 saturated heterocycles. The van der Waals surface area contributed by atoms with Gasteiger partial charge in [-0.05, 0) is 72.1 Å². The highest BCUT2D eigenvalue weighted by atomic mass is 35.5. The molecule has 258 valence electrons. The van der Waals surface area contributed by atoms with Crippen LogP contribution >= 0.6 is 23.2 Å². The number of halogens is 2. The lowest BCUT2D eigenvalue weighted by Crippen LogP contribution is -2.34. The molecule has 0 amide bonds. The Bertz CT molecular complexity index is 1850. The highest BCUT2D eigenvalue weighted by Gasteiger charge is 2.29. The molecule has 0 fully saturated rings. The third kappa shape index (κ3) is 8.29. The molecule has 0 aliphatic carbocycles. The number of pyridine rings is 2. The van der Waals surface area contributed by atoms with E-state index in [4.69, 9.17) is 42.8 Å². The van der Waals surface area contributed by atoms with E-state index in [1.54, 1.807) is 20.4 Å². The minimum Gasteiger partial charge on any atom is -0.496 e. The van der Waals surface area contributed by atoms with Gasteiger partial charge in [-0.15, -0.1) is 0 Å². The maximum Gasteiger partial charge on any atom is 0.217 e. The fourth-order valence-corrected chi connectivity index (χ4v) is 7.34. The summed E-state index contributed by atoms with van der Waals surface area (Å²) < 4.78 is 38.4. The first-order chi connectivity index (χ1) is 22.5. The Morgan fingerprint density at radius 2 is 1.52 bits per heavy atom. The highest BCUT2D eigenvalue weighted by Crippen LogP contribution is 2.43. The molecule has 0 saturated carbocycles. The zero-order chi connectivity index (χ0) is 35.6. The Labute approximate surface area is 299 Å². The SMILES string of the molecule is COc1cc(-c2nccc(-c3cccc(-c4ccc([C@@H](C)CC(C)(C)S(N)=O)c(OC)n4)c3Cl)c2Cl)ccc1[C@H](C)N[S@@](=O)C(C)(C)C. The molecule has 0 spiro atoms. The van der Waals surface area contributed by atoms with Gasteiger partial charge in [0.1, 0.15) is 5.75 Å². The maximum absolute atomic E-state index is 12.7. The second-order valence-electron chi connectivity index (χ2n) is 13.3. The van der Waals surface area contributed by atoms with Crippen LogP contribution in [-0.4, -0.2) is 42.1 Å². The van der Waals surface area contributed by atoms with Crippen molar-refractivity contribution in [2.24, 2.45) is 5.14 Å². The van der Waals surface area contributed by atoms with Crippen LogP contribution in [-0.2, 0) is 22.0 Å². The van der Waals surface area contributed by atoms with Crippen molar-refractivity contribution >= 4 is 45.2 Å². The monoisotopic (exact) mass is 730 g/mol. The Balaban J connectivity index is 1.70. The second-order valence-corrected chi connectivity index (χ2v) is 17.8. The van der Waals surface area contributed by atoms with E-state index in [9.17, 15) is 8.42 Å².